The molecule has 802 valence electrons. The van der Waals surface area contributed by atoms with Gasteiger partial charge in [0.05, 0.1) is 72.2 Å². The topological polar surface area (TPSA) is 935 Å². The lowest BCUT2D eigenvalue weighted by Crippen LogP contribution is -2.71. The normalized spacial score (nSPS) is 48.3. The van der Waals surface area contributed by atoms with Gasteiger partial charge in [-0.25, -0.2) is 0 Å². The van der Waals surface area contributed by atoms with Crippen LogP contribution in [0, 0.1) is 0 Å². The zero-order chi connectivity index (χ0) is 102. The van der Waals surface area contributed by atoms with Crippen molar-refractivity contribution in [2.45, 2.75) is 386 Å². The van der Waals surface area contributed by atoms with Crippen LogP contribution in [0.3, 0.4) is 0 Å². The van der Waals surface area contributed by atoms with Gasteiger partial charge in [0, 0.05) is 41.5 Å². The van der Waals surface area contributed by atoms with Crippen LogP contribution in [0.2, 0.25) is 0 Å². The number of hydrogen-bond acceptors (Lipinski definition) is 55. The van der Waals surface area contributed by atoms with Gasteiger partial charge in [0.2, 0.25) is 35.4 Å². The number of carbonyl (C=O) groups is 6. The first-order chi connectivity index (χ1) is 65.6. The lowest BCUT2D eigenvalue weighted by molar-refractivity contribution is -0.403. The Morgan fingerprint density at radius 2 is 0.460 bits per heavy atom. The fourth-order valence-corrected chi connectivity index (χ4v) is 18.0. The van der Waals surface area contributed by atoms with E-state index in [1.54, 1.807) is 0 Å². The van der Waals surface area contributed by atoms with E-state index in [9.17, 15) is 172 Å². The highest BCUT2D eigenvalue weighted by molar-refractivity contribution is 5.75. The summed E-state index contributed by atoms with van der Waals surface area (Å²) in [4.78, 5) is 77.6. The van der Waals surface area contributed by atoms with Crippen LogP contribution in [0.15, 0.2) is 0 Å². The first-order valence-corrected chi connectivity index (χ1v) is 44.5. The van der Waals surface area contributed by atoms with Crippen molar-refractivity contribution >= 4 is 35.4 Å². The van der Waals surface area contributed by atoms with Crippen molar-refractivity contribution in [3.63, 3.8) is 0 Å². The molecule has 0 aromatic carbocycles. The van der Waals surface area contributed by atoms with E-state index >= 15 is 0 Å². The summed E-state index contributed by atoms with van der Waals surface area (Å²) in [6.07, 6.45) is -105. The molecule has 0 aromatic rings. The third-order valence-corrected chi connectivity index (χ3v) is 25.3. The Balaban J connectivity index is 0.997. The van der Waals surface area contributed by atoms with E-state index in [1.807, 2.05) is 0 Å². The number of amides is 6. The van der Waals surface area contributed by atoms with E-state index < -0.39 is 439 Å². The van der Waals surface area contributed by atoms with Crippen LogP contribution in [-0.4, -0.2) is 582 Å². The van der Waals surface area contributed by atoms with Gasteiger partial charge in [-0.1, -0.05) is 0 Å². The third kappa shape index (κ3) is 26.0. The molecule has 11 fully saturated rings. The summed E-state index contributed by atoms with van der Waals surface area (Å²) in [6, 6.07) is -11.5. The van der Waals surface area contributed by atoms with Gasteiger partial charge < -0.3 is 274 Å². The van der Waals surface area contributed by atoms with Gasteiger partial charge in [0.1, 0.15) is 262 Å². The Kier molecular flexibility index (Phi) is 41.1. The largest absolute Gasteiger partial charge is 0.394 e. The summed E-state index contributed by atoms with van der Waals surface area (Å²) in [5.74, 6) is -5.68. The maximum Gasteiger partial charge on any atom is 0.217 e. The zero-order valence-electron chi connectivity index (χ0n) is 75.4. The minimum absolute atomic E-state index is 0.856. The Morgan fingerprint density at radius 1 is 0.201 bits per heavy atom. The van der Waals surface area contributed by atoms with Gasteiger partial charge in [-0.2, -0.15) is 0 Å². The first-order valence-electron chi connectivity index (χ1n) is 44.5. The maximum absolute atomic E-state index is 13.5. The van der Waals surface area contributed by atoms with E-state index in [1.165, 1.54) is 6.92 Å². The van der Waals surface area contributed by atoms with Crippen molar-refractivity contribution in [2.24, 2.45) is 0 Å². The molecule has 34 N–H and O–H groups in total. The van der Waals surface area contributed by atoms with Crippen molar-refractivity contribution in [1.29, 1.82) is 0 Å². The molecule has 11 rings (SSSR count). The lowest BCUT2D eigenvalue weighted by atomic mass is 9.93. The van der Waals surface area contributed by atoms with Crippen LogP contribution in [0.5, 0.6) is 0 Å². The van der Waals surface area contributed by atoms with E-state index in [2.05, 4.69) is 31.9 Å². The van der Waals surface area contributed by atoms with Crippen molar-refractivity contribution in [2.75, 3.05) is 66.1 Å². The van der Waals surface area contributed by atoms with Crippen LogP contribution in [0.25, 0.3) is 0 Å². The molecular weight excluding hydrogens is 1900 g/mol. The smallest absolute Gasteiger partial charge is 0.217 e. The van der Waals surface area contributed by atoms with Gasteiger partial charge in [-0.15, -0.1) is 0 Å². The molecule has 139 heavy (non-hydrogen) atoms. The molecule has 0 saturated carbocycles. The predicted octanol–water partition coefficient (Wildman–Crippen LogP) is -23.1. The molecule has 11 saturated heterocycles. The van der Waals surface area contributed by atoms with E-state index in [4.69, 9.17) is 99.5 Å². The number of hydrogen-bond donors (Lipinski definition) is 34. The number of aliphatic hydroxyl groups excluding tert-OH is 28. The van der Waals surface area contributed by atoms with E-state index in [0.717, 1.165) is 41.5 Å². The Bertz CT molecular complexity index is 3900. The second-order valence-corrected chi connectivity index (χ2v) is 35.3. The fraction of sp³-hybridized carbons (Fsp3) is 0.923. The summed E-state index contributed by atoms with van der Waals surface area (Å²) in [5, 5.41) is 333. The van der Waals surface area contributed by atoms with Crippen LogP contribution in [0.1, 0.15) is 48.5 Å². The molecule has 0 spiro atoms. The summed E-state index contributed by atoms with van der Waals surface area (Å²) < 4.78 is 127. The molecule has 6 amide bonds. The zero-order valence-corrected chi connectivity index (χ0v) is 75.4. The molecule has 11 aliphatic rings. The molecule has 61 nitrogen and oxygen atoms in total. The van der Waals surface area contributed by atoms with Crippen molar-refractivity contribution in [3.8, 4) is 0 Å². The molecule has 11 heterocycles. The number of aliphatic hydroxyl groups is 28. The highest BCUT2D eigenvalue weighted by Gasteiger charge is 2.63. The van der Waals surface area contributed by atoms with Crippen LogP contribution in [0.4, 0.5) is 0 Å². The molecule has 0 bridgehead atoms. The average molecular weight is 2030 g/mol. The highest BCUT2D eigenvalue weighted by atomic mass is 16.8. The van der Waals surface area contributed by atoms with Crippen molar-refractivity contribution < 1.29 is 271 Å². The fourth-order valence-electron chi connectivity index (χ4n) is 18.0. The quantitative estimate of drug-likeness (QED) is 0.0277. The Hall–Kier alpha value is -5.14. The van der Waals surface area contributed by atoms with Crippen molar-refractivity contribution in [3.05, 3.63) is 0 Å². The standard InChI is InChI=1S/C78H130N6O55/c1-18-41(98)54(111)57(114)74(122-18)120-17-34-64(51(108)35(68(118)123-34)79-19(2)92)134-72-39(83-23(6)96)52(109)62(30(13-90)128-72)136-76-60(117)65(137-78-67(139-71-38(82-22(5)95)50(107)44(101)27(10-87)126-71)59(116)63(31(14-91)130-78)133-70-37(81-21(4)94)49(106)43(100)26(9-86)125-70)47(104)33(131-76)16-121-77-66(56(113)46(103)32(132-77)15-119-69-36(80-20(3)93)48(105)42(99)25(8-85)124-69)138-73-40(84-24(7)97)53(110)61(29(12-89)129-73)135-75-58(115)55(112)45(102)28(11-88)127-75/h18,25-78,85-91,98-118H,8-17H2,1-7H3,(H,79,92)(H,80,93)(H,81,94)(H,82,95)(H,83,96)(H,84,97)/t18-,25+,26+,27+,28+,29+,30+,31+,32+,33+,34+,35+,36+,37+,38+,39+,40+,41+,42+,43+,44+,45-,46+,47+,48+,49+,50+,51+,52+,53+,54+,55-,56-,57-,58+,59-,60-,61+,62+,63+,64+,65-,66-,67-,68+,69+,70-,71-,72-,73-,74+,75-,76-,77-,78+/m0/s1. The summed E-state index contributed by atoms with van der Waals surface area (Å²) >= 11 is 0. The molecule has 0 aliphatic carbocycles. The van der Waals surface area contributed by atoms with Gasteiger partial charge in [0.25, 0.3) is 0 Å². The van der Waals surface area contributed by atoms with E-state index in [-0.39, 0.29) is 0 Å². The van der Waals surface area contributed by atoms with Crippen molar-refractivity contribution in [1.82, 2.24) is 31.9 Å². The molecule has 55 atom stereocenters. The van der Waals surface area contributed by atoms with Gasteiger partial charge >= 0.3 is 0 Å². The van der Waals surface area contributed by atoms with Crippen LogP contribution < -0.4 is 31.9 Å². The molecule has 11 aliphatic heterocycles. The minimum Gasteiger partial charge on any atom is -0.394 e. The minimum atomic E-state index is -2.76. The summed E-state index contributed by atoms with van der Waals surface area (Å²) in [7, 11) is 0. The number of ether oxygens (including phenoxy) is 21. The molecule has 0 aromatic heterocycles. The van der Waals surface area contributed by atoms with Crippen LogP contribution in [-0.2, 0) is 128 Å². The summed E-state index contributed by atoms with van der Waals surface area (Å²) in [5.41, 5.74) is 0. The number of nitrogens with one attached hydrogen (secondary N) is 6. The van der Waals surface area contributed by atoms with Gasteiger partial charge in [-0.3, -0.25) is 28.8 Å². The average Bonchev–Trinajstić information content (AvgIpc) is 0.757. The molecular formula is C78H130N6O55. The second kappa shape index (κ2) is 50.0. The Labute approximate surface area is 788 Å². The highest BCUT2D eigenvalue weighted by Crippen LogP contribution is 2.42. The first kappa shape index (κ1) is 114. The number of rotatable bonds is 36. The molecule has 0 radical (unpaired) electrons. The van der Waals surface area contributed by atoms with Gasteiger partial charge in [0.15, 0.2) is 69.2 Å². The second-order valence-electron chi connectivity index (χ2n) is 35.3. The van der Waals surface area contributed by atoms with Gasteiger partial charge in [-0.05, 0) is 6.92 Å². The summed E-state index contributed by atoms with van der Waals surface area (Å²) in [6.45, 7) is -4.55. The molecule has 61 heteroatoms. The Morgan fingerprint density at radius 3 is 0.885 bits per heavy atom. The lowest BCUT2D eigenvalue weighted by Gasteiger charge is -2.52. The monoisotopic (exact) mass is 2030 g/mol. The maximum atomic E-state index is 13.5. The van der Waals surface area contributed by atoms with E-state index in [0.29, 0.717) is 0 Å². The molecule has 0 unspecified atom stereocenters. The third-order valence-electron chi connectivity index (χ3n) is 25.3. The predicted molar refractivity (Wildman–Crippen MR) is 430 cm³/mol. The number of carbonyl (C=O) groups excluding carboxylic acids is 6. The van der Waals surface area contributed by atoms with Crippen LogP contribution >= 0.6 is 0 Å². The SMILES string of the molecule is CC(=O)N[C@@H]1[C@@H](O)[C@H](O[C@@H]2O[C@H](CO)[C@@H](O[C@@H]3O[C@H](CO[C@H]4O[C@H](CO[C@@H]5O[C@H](CO)[C@@H](O)[C@H](O)[C@H]5NC(C)=O)[C@@H](O)[C@H](O)[C@@H]4O[C@@H]4O[C@H](CO)[C@@H](O[C@@H]5O[C@H](CO)[C@H](O)[C@H](O)[C@H]5O)[C@H](O)[C@H]4NC(C)=O)[C@@H](O)[C@H](O[C@H]4O[C@H](CO)[C@@H](O[C@@H]5O[C@H](CO)[C@@H](O)[C@H](O)[C@H]5NC(C)=O)[C@H](O)[C@@H]4O[C@@H]4O[C@H](CO)[C@@H](O)[C@H](O)[C@H]4NC(C)=O)[C@@H]3O)[C@H](O)[C@H]2NC(C)=O)[C@@H](CO[C@@H]2O[C@@H](C)[C@@H](O)[C@@H](O)[C@@H]2O)O[C@H]1O.